The first-order valence-corrected chi connectivity index (χ1v) is 11.4. The molecule has 35 heavy (non-hydrogen) atoms. The van der Waals surface area contributed by atoms with Crippen LogP contribution < -0.4 is 4.74 Å². The third-order valence-corrected chi connectivity index (χ3v) is 5.70. The number of carbonyl (C=O) groups excluding carboxylic acids is 1. The summed E-state index contributed by atoms with van der Waals surface area (Å²) in [7, 11) is 1.83. The Morgan fingerprint density at radius 1 is 1.06 bits per heavy atom. The van der Waals surface area contributed by atoms with E-state index in [0.29, 0.717) is 29.4 Å². The van der Waals surface area contributed by atoms with Crippen molar-refractivity contribution in [3.05, 3.63) is 88.9 Å². The van der Waals surface area contributed by atoms with Gasteiger partial charge in [0, 0.05) is 17.0 Å². The molecule has 0 unspecified atom stereocenters. The number of aliphatic hydroxyl groups excluding tert-OH is 1. The Hall–Kier alpha value is -3.72. The van der Waals surface area contributed by atoms with E-state index < -0.39 is 5.91 Å². The highest BCUT2D eigenvalue weighted by molar-refractivity contribution is 6.30. The second-order valence-corrected chi connectivity index (χ2v) is 8.41. The van der Waals surface area contributed by atoms with E-state index in [1.165, 1.54) is 0 Å². The van der Waals surface area contributed by atoms with Crippen LogP contribution in [0.5, 0.6) is 11.6 Å². The first-order chi connectivity index (χ1) is 17.0. The number of aliphatic hydroxyl groups is 1. The van der Waals surface area contributed by atoms with Crippen molar-refractivity contribution in [2.75, 3.05) is 20.2 Å². The standard InChI is InChI=1S/C26H25ClN4O4/c1-30(14-15-32)17-31-22-8-4-2-6-20(22)24(26(31)34)28-29-25(33)21-7-3-5-9-23(21)35-16-18-10-12-19(27)13-11-18/h2-13,32,34H,14-17H2,1H3. The zero-order valence-corrected chi connectivity index (χ0v) is 19.9. The molecule has 0 aliphatic carbocycles. The number of fused-ring (bicyclic) bond motifs is 1. The number of hydrogen-bond acceptors (Lipinski definition) is 6. The Morgan fingerprint density at radius 3 is 2.54 bits per heavy atom. The Labute approximate surface area is 207 Å². The largest absolute Gasteiger partial charge is 0.493 e. The number of likely N-dealkylation sites (N-methyl/N-ethyl adjacent to an activating group) is 1. The number of para-hydroxylation sites is 2. The lowest BCUT2D eigenvalue weighted by molar-refractivity contribution is 0.0990. The van der Waals surface area contributed by atoms with E-state index >= 15 is 0 Å². The molecule has 2 N–H and O–H groups in total. The molecular formula is C26H25ClN4O4. The number of nitrogens with zero attached hydrogens (tertiary/aromatic N) is 4. The van der Waals surface area contributed by atoms with Gasteiger partial charge in [0.1, 0.15) is 12.4 Å². The van der Waals surface area contributed by atoms with Gasteiger partial charge < -0.3 is 14.9 Å². The van der Waals surface area contributed by atoms with E-state index in [-0.39, 0.29) is 30.3 Å². The molecule has 0 aliphatic heterocycles. The molecule has 1 aromatic heterocycles. The van der Waals surface area contributed by atoms with Gasteiger partial charge in [-0.2, -0.15) is 0 Å². The zero-order chi connectivity index (χ0) is 24.8. The van der Waals surface area contributed by atoms with Gasteiger partial charge in [0.25, 0.3) is 5.91 Å². The first kappa shape index (κ1) is 24.4. The van der Waals surface area contributed by atoms with E-state index in [9.17, 15) is 15.0 Å². The van der Waals surface area contributed by atoms with Gasteiger partial charge in [-0.3, -0.25) is 14.3 Å². The van der Waals surface area contributed by atoms with Crippen molar-refractivity contribution in [3.63, 3.8) is 0 Å². The highest BCUT2D eigenvalue weighted by Crippen LogP contribution is 2.39. The first-order valence-electron chi connectivity index (χ1n) is 11.0. The smallest absolute Gasteiger partial charge is 0.299 e. The molecule has 0 aliphatic rings. The van der Waals surface area contributed by atoms with Crippen LogP contribution in [0.1, 0.15) is 15.9 Å². The number of aromatic hydroxyl groups is 1. The van der Waals surface area contributed by atoms with Crippen LogP contribution >= 0.6 is 11.6 Å². The number of halogens is 1. The third kappa shape index (κ3) is 5.68. The predicted octanol–water partition coefficient (Wildman–Crippen LogP) is 5.39. The Morgan fingerprint density at radius 2 is 1.77 bits per heavy atom. The second kappa shape index (κ2) is 11.1. The molecule has 8 nitrogen and oxygen atoms in total. The van der Waals surface area contributed by atoms with Crippen LogP contribution in [0.4, 0.5) is 5.69 Å². The van der Waals surface area contributed by atoms with E-state index in [4.69, 9.17) is 16.3 Å². The van der Waals surface area contributed by atoms with Gasteiger partial charge in [0.15, 0.2) is 5.69 Å². The molecule has 9 heteroatoms. The van der Waals surface area contributed by atoms with Crippen molar-refractivity contribution in [2.45, 2.75) is 13.3 Å². The number of aromatic nitrogens is 1. The lowest BCUT2D eigenvalue weighted by Gasteiger charge is -2.17. The van der Waals surface area contributed by atoms with Crippen molar-refractivity contribution in [3.8, 4) is 11.6 Å². The molecule has 0 saturated heterocycles. The fourth-order valence-corrected chi connectivity index (χ4v) is 3.78. The zero-order valence-electron chi connectivity index (χ0n) is 19.1. The van der Waals surface area contributed by atoms with Gasteiger partial charge in [-0.25, -0.2) is 0 Å². The molecule has 1 heterocycles. The Balaban J connectivity index is 1.58. The normalized spacial score (nSPS) is 11.5. The third-order valence-electron chi connectivity index (χ3n) is 5.45. The summed E-state index contributed by atoms with van der Waals surface area (Å²) in [6, 6.07) is 21.4. The van der Waals surface area contributed by atoms with Gasteiger partial charge in [0.05, 0.1) is 24.4 Å². The van der Waals surface area contributed by atoms with Crippen LogP contribution in [-0.4, -0.2) is 45.8 Å². The maximum absolute atomic E-state index is 12.9. The maximum atomic E-state index is 12.9. The van der Waals surface area contributed by atoms with Crippen LogP contribution in [0.15, 0.2) is 83.0 Å². The van der Waals surface area contributed by atoms with Crippen molar-refractivity contribution in [1.82, 2.24) is 9.47 Å². The minimum Gasteiger partial charge on any atom is -0.493 e. The van der Waals surface area contributed by atoms with Gasteiger partial charge in [-0.05, 0) is 42.9 Å². The molecule has 0 bridgehead atoms. The molecule has 0 fully saturated rings. The van der Waals surface area contributed by atoms with Gasteiger partial charge in [0.2, 0.25) is 5.88 Å². The number of ether oxygens (including phenoxy) is 1. The highest BCUT2D eigenvalue weighted by atomic mass is 35.5. The monoisotopic (exact) mass is 492 g/mol. The number of azo groups is 1. The molecule has 4 aromatic rings. The maximum Gasteiger partial charge on any atom is 0.299 e. The lowest BCUT2D eigenvalue weighted by Crippen LogP contribution is -2.24. The summed E-state index contributed by atoms with van der Waals surface area (Å²) in [6.45, 7) is 1.02. The van der Waals surface area contributed by atoms with Crippen molar-refractivity contribution in [1.29, 1.82) is 0 Å². The van der Waals surface area contributed by atoms with Crippen molar-refractivity contribution < 1.29 is 19.7 Å². The molecule has 0 atom stereocenters. The van der Waals surface area contributed by atoms with E-state index in [0.717, 1.165) is 11.1 Å². The molecule has 4 rings (SSSR count). The topological polar surface area (TPSA) is 99.6 Å². The highest BCUT2D eigenvalue weighted by Gasteiger charge is 2.18. The molecule has 0 saturated carbocycles. The minimum atomic E-state index is -0.592. The van der Waals surface area contributed by atoms with Gasteiger partial charge in [-0.1, -0.05) is 54.1 Å². The van der Waals surface area contributed by atoms with E-state index in [1.807, 2.05) is 42.3 Å². The number of amides is 1. The van der Waals surface area contributed by atoms with Crippen LogP contribution in [0.3, 0.4) is 0 Å². The average molecular weight is 493 g/mol. The van der Waals surface area contributed by atoms with Crippen molar-refractivity contribution >= 4 is 34.1 Å². The quantitative estimate of drug-likeness (QED) is 0.305. The molecule has 180 valence electrons. The van der Waals surface area contributed by atoms with Crippen LogP contribution in [0.2, 0.25) is 5.02 Å². The number of carbonyl (C=O) groups is 1. The molecule has 3 aromatic carbocycles. The fourth-order valence-electron chi connectivity index (χ4n) is 3.66. The Kier molecular flexibility index (Phi) is 7.77. The number of benzene rings is 3. The number of rotatable bonds is 9. The molecule has 1 amide bonds. The predicted molar refractivity (Wildman–Crippen MR) is 134 cm³/mol. The molecule has 0 spiro atoms. The van der Waals surface area contributed by atoms with Gasteiger partial charge in [-0.15, -0.1) is 10.2 Å². The SMILES string of the molecule is CN(CCO)Cn1c(O)c(N=NC(=O)c2ccccc2OCc2ccc(Cl)cc2)c2ccccc21. The van der Waals surface area contributed by atoms with Crippen molar-refractivity contribution in [2.24, 2.45) is 10.2 Å². The Bertz CT molecular complexity index is 1350. The summed E-state index contributed by atoms with van der Waals surface area (Å²) in [5.74, 6) is -0.325. The van der Waals surface area contributed by atoms with E-state index in [2.05, 4.69) is 10.2 Å². The minimum absolute atomic E-state index is 0.00295. The summed E-state index contributed by atoms with van der Waals surface area (Å²) in [4.78, 5) is 14.8. The average Bonchev–Trinajstić information content (AvgIpc) is 3.13. The number of hydrogen-bond donors (Lipinski definition) is 2. The van der Waals surface area contributed by atoms with Crippen LogP contribution in [0.25, 0.3) is 10.9 Å². The molecule has 0 radical (unpaired) electrons. The van der Waals surface area contributed by atoms with Gasteiger partial charge >= 0.3 is 0 Å². The summed E-state index contributed by atoms with van der Waals surface area (Å²) >= 11 is 5.93. The second-order valence-electron chi connectivity index (χ2n) is 7.98. The van der Waals surface area contributed by atoms with E-state index in [1.54, 1.807) is 47.0 Å². The molecular weight excluding hydrogens is 468 g/mol. The summed E-state index contributed by atoms with van der Waals surface area (Å²) in [5.41, 5.74) is 2.10. The summed E-state index contributed by atoms with van der Waals surface area (Å²) < 4.78 is 7.52. The van der Waals surface area contributed by atoms with Crippen LogP contribution in [-0.2, 0) is 13.3 Å². The summed E-state index contributed by atoms with van der Waals surface area (Å²) in [6.07, 6.45) is 0. The summed E-state index contributed by atoms with van der Waals surface area (Å²) in [5, 5.41) is 29.4. The fraction of sp³-hybridized carbons (Fsp3) is 0.192. The lowest BCUT2D eigenvalue weighted by atomic mass is 10.2. The van der Waals surface area contributed by atoms with Crippen LogP contribution in [0, 0.1) is 0 Å².